The van der Waals surface area contributed by atoms with Crippen molar-refractivity contribution in [3.05, 3.63) is 77.7 Å². The first-order valence-corrected chi connectivity index (χ1v) is 10.5. The fourth-order valence-corrected chi connectivity index (χ4v) is 3.79. The lowest BCUT2D eigenvalue weighted by atomic mass is 9.91. The van der Waals surface area contributed by atoms with E-state index in [4.69, 9.17) is 4.74 Å². The highest BCUT2D eigenvalue weighted by Crippen LogP contribution is 2.33. The number of alkyl halides is 3. The molecule has 3 N–H and O–H groups in total. The Hall–Kier alpha value is -3.34. The molecule has 2 heterocycles. The third-order valence-electron chi connectivity index (χ3n) is 5.64. The van der Waals surface area contributed by atoms with Gasteiger partial charge in [-0.3, -0.25) is 9.78 Å². The quantitative estimate of drug-likeness (QED) is 0.486. The summed E-state index contributed by atoms with van der Waals surface area (Å²) in [5.41, 5.74) is 1.84. The number of ketones is 1. The monoisotopic (exact) mass is 473 g/mol. The van der Waals surface area contributed by atoms with Gasteiger partial charge in [-0.1, -0.05) is 48.5 Å². The van der Waals surface area contributed by atoms with Gasteiger partial charge in [-0.2, -0.15) is 13.2 Å². The molecule has 1 saturated heterocycles. The van der Waals surface area contributed by atoms with Crippen molar-refractivity contribution in [1.29, 1.82) is 0 Å². The summed E-state index contributed by atoms with van der Waals surface area (Å²) in [6.07, 6.45) is -6.30. The van der Waals surface area contributed by atoms with Crippen molar-refractivity contribution in [1.82, 2.24) is 9.97 Å². The zero-order chi connectivity index (χ0) is 24.5. The van der Waals surface area contributed by atoms with Crippen molar-refractivity contribution in [2.45, 2.75) is 37.5 Å². The van der Waals surface area contributed by atoms with Crippen LogP contribution in [0, 0.1) is 0 Å². The molecular formula is C24H22F3N3O4. The fraction of sp³-hybridized carbons (Fsp3) is 0.292. The summed E-state index contributed by atoms with van der Waals surface area (Å²) < 4.78 is 44.8. The lowest BCUT2D eigenvalue weighted by Gasteiger charge is -2.39. The minimum absolute atomic E-state index is 0.0268. The first kappa shape index (κ1) is 23.8. The zero-order valence-corrected chi connectivity index (χ0v) is 18.0. The number of hydrogen-bond acceptors (Lipinski definition) is 7. The minimum Gasteiger partial charge on any atom is -0.388 e. The molecule has 0 saturated carbocycles. The summed E-state index contributed by atoms with van der Waals surface area (Å²) >= 11 is 0. The standard InChI is InChI=1S/C24H22F3N3O4/c1-13(31)14-2-4-15(5-3-14)16-6-8-17(9-7-16)23-21(22(33)18(32)12-34-23)30-20-11-28-10-19(29-20)24(25,26)27/h2-11,18,21-23,32-33H,12H2,1H3,(H,29,30)/t18-,21+,22-,23+/m0/s1. The van der Waals surface area contributed by atoms with E-state index in [1.54, 1.807) is 24.3 Å². The molecule has 3 aromatic rings. The van der Waals surface area contributed by atoms with E-state index in [2.05, 4.69) is 15.3 Å². The number of hydrogen-bond donors (Lipinski definition) is 3. The highest BCUT2D eigenvalue weighted by molar-refractivity contribution is 5.94. The van der Waals surface area contributed by atoms with Crippen molar-refractivity contribution < 1.29 is 32.9 Å². The van der Waals surface area contributed by atoms with Crippen LogP contribution in [0.4, 0.5) is 19.0 Å². The van der Waals surface area contributed by atoms with Gasteiger partial charge in [0.15, 0.2) is 11.5 Å². The Morgan fingerprint density at radius 2 is 1.65 bits per heavy atom. The average molecular weight is 473 g/mol. The van der Waals surface area contributed by atoms with Gasteiger partial charge in [0.05, 0.1) is 25.0 Å². The Bertz CT molecular complexity index is 1150. The summed E-state index contributed by atoms with van der Waals surface area (Å²) in [5.74, 6) is -0.232. The molecule has 7 nitrogen and oxygen atoms in total. The third-order valence-corrected chi connectivity index (χ3v) is 5.64. The van der Waals surface area contributed by atoms with Crippen LogP contribution >= 0.6 is 0 Å². The van der Waals surface area contributed by atoms with Crippen LogP contribution in [0.5, 0.6) is 0 Å². The van der Waals surface area contributed by atoms with Crippen LogP contribution < -0.4 is 5.32 Å². The molecule has 1 aromatic heterocycles. The number of carbonyl (C=O) groups excluding carboxylic acids is 1. The minimum atomic E-state index is -4.68. The predicted molar refractivity (Wildman–Crippen MR) is 117 cm³/mol. The summed E-state index contributed by atoms with van der Waals surface area (Å²) in [4.78, 5) is 18.6. The molecule has 1 aliphatic rings. The van der Waals surface area contributed by atoms with Gasteiger partial charge in [-0.05, 0) is 23.6 Å². The van der Waals surface area contributed by atoms with Crippen LogP contribution in [0.3, 0.4) is 0 Å². The molecule has 0 spiro atoms. The molecule has 4 atom stereocenters. The Kier molecular flexibility index (Phi) is 6.65. The van der Waals surface area contributed by atoms with Crippen LogP contribution in [-0.2, 0) is 10.9 Å². The van der Waals surface area contributed by atoms with Crippen molar-refractivity contribution in [2.75, 3.05) is 11.9 Å². The molecule has 34 heavy (non-hydrogen) atoms. The van der Waals surface area contributed by atoms with E-state index in [9.17, 15) is 28.2 Å². The number of anilines is 1. The van der Waals surface area contributed by atoms with E-state index < -0.39 is 36.2 Å². The predicted octanol–water partition coefficient (Wildman–Crippen LogP) is 3.64. The van der Waals surface area contributed by atoms with E-state index in [0.717, 1.165) is 17.3 Å². The van der Waals surface area contributed by atoms with Crippen LogP contribution in [0.25, 0.3) is 11.1 Å². The first-order chi connectivity index (χ1) is 16.1. The maximum absolute atomic E-state index is 13.0. The number of nitrogens with one attached hydrogen (secondary N) is 1. The van der Waals surface area contributed by atoms with Crippen molar-refractivity contribution in [3.8, 4) is 11.1 Å². The number of aromatic nitrogens is 2. The maximum Gasteiger partial charge on any atom is 0.434 e. The number of aliphatic hydroxyl groups excluding tert-OH is 2. The summed E-state index contributed by atoms with van der Waals surface area (Å²) in [7, 11) is 0. The summed E-state index contributed by atoms with van der Waals surface area (Å²) in [5, 5.41) is 23.4. The van der Waals surface area contributed by atoms with Crippen LogP contribution in [0.15, 0.2) is 60.9 Å². The molecule has 0 amide bonds. The van der Waals surface area contributed by atoms with Gasteiger partial charge in [-0.15, -0.1) is 0 Å². The number of nitrogens with zero attached hydrogens (tertiary/aromatic N) is 2. The Morgan fingerprint density at radius 1 is 1.03 bits per heavy atom. The second-order valence-electron chi connectivity index (χ2n) is 8.02. The van der Waals surface area contributed by atoms with E-state index in [0.29, 0.717) is 17.3 Å². The van der Waals surface area contributed by atoms with Gasteiger partial charge in [0.1, 0.15) is 24.1 Å². The lowest BCUT2D eigenvalue weighted by Crippen LogP contribution is -2.52. The fourth-order valence-electron chi connectivity index (χ4n) is 3.79. The lowest BCUT2D eigenvalue weighted by molar-refractivity contribution is -0.141. The van der Waals surface area contributed by atoms with Gasteiger partial charge in [0.25, 0.3) is 0 Å². The molecule has 0 bridgehead atoms. The normalized spacial score (nSPS) is 22.9. The zero-order valence-electron chi connectivity index (χ0n) is 18.0. The number of ether oxygens (including phenoxy) is 1. The largest absolute Gasteiger partial charge is 0.434 e. The molecule has 178 valence electrons. The van der Waals surface area contributed by atoms with E-state index in [-0.39, 0.29) is 18.2 Å². The molecule has 0 aliphatic carbocycles. The second kappa shape index (κ2) is 9.49. The molecule has 10 heteroatoms. The van der Waals surface area contributed by atoms with Gasteiger partial charge in [0.2, 0.25) is 0 Å². The number of halogens is 3. The Morgan fingerprint density at radius 3 is 2.24 bits per heavy atom. The number of benzene rings is 2. The van der Waals surface area contributed by atoms with Crippen LogP contribution in [-0.4, -0.2) is 50.8 Å². The number of carbonyl (C=O) groups is 1. The number of aliphatic hydroxyl groups is 2. The number of rotatable bonds is 5. The van der Waals surface area contributed by atoms with Gasteiger partial charge in [0, 0.05) is 5.56 Å². The second-order valence-corrected chi connectivity index (χ2v) is 8.02. The SMILES string of the molecule is CC(=O)c1ccc(-c2ccc([C@H]3OC[C@H](O)[C@H](O)[C@H]3Nc3cncc(C(F)(F)F)n3)cc2)cc1. The van der Waals surface area contributed by atoms with Crippen LogP contribution in [0.1, 0.15) is 34.6 Å². The van der Waals surface area contributed by atoms with Crippen LogP contribution in [0.2, 0.25) is 0 Å². The third kappa shape index (κ3) is 5.09. The molecule has 4 rings (SSSR count). The highest BCUT2D eigenvalue weighted by atomic mass is 19.4. The molecule has 2 aromatic carbocycles. The first-order valence-electron chi connectivity index (χ1n) is 10.5. The molecular weight excluding hydrogens is 451 g/mol. The van der Waals surface area contributed by atoms with Gasteiger partial charge < -0.3 is 20.3 Å². The number of Topliss-reactive ketones (excluding diaryl/α,β-unsaturated/α-hetero) is 1. The van der Waals surface area contributed by atoms with E-state index >= 15 is 0 Å². The average Bonchev–Trinajstić information content (AvgIpc) is 2.82. The smallest absolute Gasteiger partial charge is 0.388 e. The maximum atomic E-state index is 13.0. The van der Waals surface area contributed by atoms with Crippen molar-refractivity contribution >= 4 is 11.6 Å². The topological polar surface area (TPSA) is 105 Å². The molecule has 0 unspecified atom stereocenters. The van der Waals surface area contributed by atoms with E-state index in [1.807, 2.05) is 24.3 Å². The van der Waals surface area contributed by atoms with Crippen molar-refractivity contribution in [2.24, 2.45) is 0 Å². The van der Waals surface area contributed by atoms with Gasteiger partial charge in [-0.25, -0.2) is 4.98 Å². The highest BCUT2D eigenvalue weighted by Gasteiger charge is 2.40. The van der Waals surface area contributed by atoms with E-state index in [1.165, 1.54) is 6.92 Å². The summed E-state index contributed by atoms with van der Waals surface area (Å²) in [6, 6.07) is 13.4. The molecule has 0 radical (unpaired) electrons. The molecule has 1 fully saturated rings. The van der Waals surface area contributed by atoms with Crippen molar-refractivity contribution in [3.63, 3.8) is 0 Å². The molecule has 1 aliphatic heterocycles. The Labute approximate surface area is 193 Å². The summed E-state index contributed by atoms with van der Waals surface area (Å²) in [6.45, 7) is 1.35. The Balaban J connectivity index is 1.58. The van der Waals surface area contributed by atoms with Gasteiger partial charge >= 0.3 is 6.18 Å².